The van der Waals surface area contributed by atoms with E-state index in [1.54, 1.807) is 0 Å². The molecular weight excluding hydrogens is 198 g/mol. The van der Waals surface area contributed by atoms with Crippen molar-refractivity contribution < 1.29 is 0 Å². The molecule has 3 nitrogen and oxygen atoms in total. The minimum absolute atomic E-state index is 0.316. The van der Waals surface area contributed by atoms with Crippen LogP contribution in [0.5, 0.6) is 0 Å². The molecule has 0 aromatic heterocycles. The van der Waals surface area contributed by atoms with Gasteiger partial charge in [0.1, 0.15) is 0 Å². The summed E-state index contributed by atoms with van der Waals surface area (Å²) in [6.07, 6.45) is 7.12. The van der Waals surface area contributed by atoms with E-state index < -0.39 is 0 Å². The maximum absolute atomic E-state index is 6.34. The molecule has 0 bridgehead atoms. The van der Waals surface area contributed by atoms with E-state index in [-0.39, 0.29) is 5.54 Å². The first-order chi connectivity index (χ1) is 7.51. The van der Waals surface area contributed by atoms with Gasteiger partial charge in [-0.2, -0.15) is 0 Å². The first-order valence-electron chi connectivity index (χ1n) is 6.22. The minimum atomic E-state index is -0.316. The topological polar surface area (TPSA) is 55.3 Å². The Balaban J connectivity index is 2.89. The maximum Gasteiger partial charge on any atom is 0.0586 e. The van der Waals surface area contributed by atoms with Gasteiger partial charge in [-0.15, -0.1) is 0 Å². The Bertz CT molecular complexity index is 284. The lowest BCUT2D eigenvalue weighted by Crippen LogP contribution is -2.48. The fourth-order valence-corrected chi connectivity index (χ4v) is 2.31. The average Bonchev–Trinajstić information content (AvgIpc) is 2.16. The van der Waals surface area contributed by atoms with Gasteiger partial charge in [0.25, 0.3) is 0 Å². The third-order valence-corrected chi connectivity index (χ3v) is 2.94. The van der Waals surface area contributed by atoms with E-state index in [9.17, 15) is 0 Å². The van der Waals surface area contributed by atoms with Gasteiger partial charge < -0.3 is 16.4 Å². The Morgan fingerprint density at radius 3 is 2.25 bits per heavy atom. The summed E-state index contributed by atoms with van der Waals surface area (Å²) in [5.74, 6) is 0. The number of allylic oxidation sites excluding steroid dienone is 2. The van der Waals surface area contributed by atoms with Crippen LogP contribution in [0.1, 0.15) is 40.0 Å². The molecule has 0 amide bonds. The van der Waals surface area contributed by atoms with E-state index >= 15 is 0 Å². The summed E-state index contributed by atoms with van der Waals surface area (Å²) >= 11 is 0. The zero-order valence-electron chi connectivity index (χ0n) is 10.8. The number of hydrogen-bond donors (Lipinski definition) is 2. The van der Waals surface area contributed by atoms with Crippen LogP contribution in [0.2, 0.25) is 0 Å². The Morgan fingerprint density at radius 1 is 1.25 bits per heavy atom. The second kappa shape index (κ2) is 5.39. The Kier molecular flexibility index (Phi) is 4.42. The average molecular weight is 223 g/mol. The lowest BCUT2D eigenvalue weighted by atomic mass is 9.88. The molecule has 0 aromatic carbocycles. The fourth-order valence-electron chi connectivity index (χ4n) is 2.31. The first kappa shape index (κ1) is 13.1. The molecule has 0 radical (unpaired) electrons. The van der Waals surface area contributed by atoms with E-state index in [0.717, 1.165) is 38.0 Å². The molecule has 1 aliphatic carbocycles. The van der Waals surface area contributed by atoms with Crippen LogP contribution in [-0.4, -0.2) is 23.5 Å². The van der Waals surface area contributed by atoms with Crippen molar-refractivity contribution in [3.8, 4) is 0 Å². The van der Waals surface area contributed by atoms with Gasteiger partial charge in [0.15, 0.2) is 0 Å². The highest BCUT2D eigenvalue weighted by atomic mass is 15.2. The lowest BCUT2D eigenvalue weighted by molar-refractivity contribution is 0.284. The smallest absolute Gasteiger partial charge is 0.0586 e. The summed E-state index contributed by atoms with van der Waals surface area (Å²) < 4.78 is 0. The van der Waals surface area contributed by atoms with Gasteiger partial charge in [-0.1, -0.05) is 13.8 Å². The second-order valence-corrected chi connectivity index (χ2v) is 4.87. The monoisotopic (exact) mass is 223 g/mol. The standard InChI is InChI=1S/C13H25N3/c1-4-8-16(9-5-2)12-7-6-11(14)10-13(12,3)15/h6-7H,4-5,8-10,14-15H2,1-3H3. The molecule has 0 saturated carbocycles. The number of nitrogens with zero attached hydrogens (tertiary/aromatic N) is 1. The molecule has 0 spiro atoms. The predicted octanol–water partition coefficient (Wildman–Crippen LogP) is 1.96. The predicted molar refractivity (Wildman–Crippen MR) is 69.7 cm³/mol. The maximum atomic E-state index is 6.34. The highest BCUT2D eigenvalue weighted by molar-refractivity contribution is 5.31. The summed E-state index contributed by atoms with van der Waals surface area (Å²) in [5, 5.41) is 0. The highest BCUT2D eigenvalue weighted by Gasteiger charge is 2.30. The van der Waals surface area contributed by atoms with E-state index in [4.69, 9.17) is 11.5 Å². The molecule has 0 heterocycles. The van der Waals surface area contributed by atoms with E-state index in [0.29, 0.717) is 0 Å². The van der Waals surface area contributed by atoms with E-state index in [1.165, 1.54) is 5.70 Å². The third kappa shape index (κ3) is 3.01. The molecule has 0 aromatic rings. The Morgan fingerprint density at radius 2 is 1.81 bits per heavy atom. The number of hydrogen-bond acceptors (Lipinski definition) is 3. The van der Waals surface area contributed by atoms with Crippen molar-refractivity contribution in [2.45, 2.75) is 45.6 Å². The van der Waals surface area contributed by atoms with Crippen LogP contribution in [0.25, 0.3) is 0 Å². The molecular formula is C13H25N3. The number of nitrogens with two attached hydrogens (primary N) is 2. The SMILES string of the molecule is CCCN(CCC)C1=CC=C(N)CC1(C)N. The summed E-state index contributed by atoms with van der Waals surface area (Å²) in [7, 11) is 0. The van der Waals surface area contributed by atoms with Crippen LogP contribution in [-0.2, 0) is 0 Å². The van der Waals surface area contributed by atoms with Gasteiger partial charge in [0.2, 0.25) is 0 Å². The van der Waals surface area contributed by atoms with Gasteiger partial charge in [-0.25, -0.2) is 0 Å². The van der Waals surface area contributed by atoms with Crippen molar-refractivity contribution >= 4 is 0 Å². The molecule has 16 heavy (non-hydrogen) atoms. The van der Waals surface area contributed by atoms with Crippen LogP contribution in [0.4, 0.5) is 0 Å². The Hall–Kier alpha value is -0.960. The van der Waals surface area contributed by atoms with E-state index in [1.807, 2.05) is 6.08 Å². The van der Waals surface area contributed by atoms with Crippen molar-refractivity contribution in [2.24, 2.45) is 11.5 Å². The molecule has 1 unspecified atom stereocenters. The van der Waals surface area contributed by atoms with E-state index in [2.05, 4.69) is 31.7 Å². The molecule has 92 valence electrons. The van der Waals surface area contributed by atoms with Crippen molar-refractivity contribution in [1.82, 2.24) is 4.90 Å². The van der Waals surface area contributed by atoms with Gasteiger partial charge in [0.05, 0.1) is 5.54 Å². The van der Waals surface area contributed by atoms with Crippen LogP contribution in [0.3, 0.4) is 0 Å². The summed E-state index contributed by atoms with van der Waals surface area (Å²) in [6, 6.07) is 0. The molecule has 1 aliphatic rings. The Labute approximate surface area is 99.2 Å². The van der Waals surface area contributed by atoms with Gasteiger partial charge >= 0.3 is 0 Å². The molecule has 0 aliphatic heterocycles. The third-order valence-electron chi connectivity index (χ3n) is 2.94. The van der Waals surface area contributed by atoms with Gasteiger partial charge in [0, 0.05) is 30.9 Å². The summed E-state index contributed by atoms with van der Waals surface area (Å²) in [4.78, 5) is 2.39. The quantitative estimate of drug-likeness (QED) is 0.749. The molecule has 0 saturated heterocycles. The fraction of sp³-hybridized carbons (Fsp3) is 0.692. The zero-order valence-corrected chi connectivity index (χ0v) is 10.8. The van der Waals surface area contributed by atoms with Crippen molar-refractivity contribution in [2.75, 3.05) is 13.1 Å². The highest BCUT2D eigenvalue weighted by Crippen LogP contribution is 2.28. The van der Waals surface area contributed by atoms with Crippen LogP contribution in [0.15, 0.2) is 23.5 Å². The lowest BCUT2D eigenvalue weighted by Gasteiger charge is -2.39. The first-order valence-corrected chi connectivity index (χ1v) is 6.22. The molecule has 0 fully saturated rings. The van der Waals surface area contributed by atoms with Crippen LogP contribution < -0.4 is 11.5 Å². The van der Waals surface area contributed by atoms with Crippen LogP contribution in [0, 0.1) is 0 Å². The van der Waals surface area contributed by atoms with Gasteiger partial charge in [-0.3, -0.25) is 0 Å². The summed E-state index contributed by atoms with van der Waals surface area (Å²) in [5.41, 5.74) is 14.0. The van der Waals surface area contributed by atoms with Gasteiger partial charge in [-0.05, 0) is 31.9 Å². The number of rotatable bonds is 5. The molecule has 4 N–H and O–H groups in total. The largest absolute Gasteiger partial charge is 0.402 e. The normalized spacial score (nSPS) is 25.0. The zero-order chi connectivity index (χ0) is 12.2. The molecule has 3 heteroatoms. The molecule has 1 rings (SSSR count). The summed E-state index contributed by atoms with van der Waals surface area (Å²) in [6.45, 7) is 8.60. The van der Waals surface area contributed by atoms with Crippen LogP contribution >= 0.6 is 0 Å². The molecule has 1 atom stereocenters. The second-order valence-electron chi connectivity index (χ2n) is 4.87. The minimum Gasteiger partial charge on any atom is -0.402 e. The van der Waals surface area contributed by atoms with Crippen molar-refractivity contribution in [3.05, 3.63) is 23.5 Å². The van der Waals surface area contributed by atoms with Crippen molar-refractivity contribution in [3.63, 3.8) is 0 Å². The van der Waals surface area contributed by atoms with Crippen molar-refractivity contribution in [1.29, 1.82) is 0 Å².